The number of β-amino-alcohol motifs (C(OH)–C–C–N with tert-alkyl or cyclic N) is 1. The van der Waals surface area contributed by atoms with Crippen molar-refractivity contribution in [2.75, 3.05) is 18.0 Å². The summed E-state index contributed by atoms with van der Waals surface area (Å²) in [7, 11) is 0. The highest BCUT2D eigenvalue weighted by molar-refractivity contribution is 5.58. The minimum Gasteiger partial charge on any atom is -0.391 e. The first-order chi connectivity index (χ1) is 8.11. The van der Waals surface area contributed by atoms with Gasteiger partial charge in [0.05, 0.1) is 11.0 Å². The molecule has 6 nitrogen and oxygen atoms in total. The van der Waals surface area contributed by atoms with Gasteiger partial charge in [0.1, 0.15) is 0 Å². The molecular weight excluding hydrogens is 222 g/mol. The molecule has 2 rings (SSSR count). The molecule has 6 heteroatoms. The molecule has 1 unspecified atom stereocenters. The largest absolute Gasteiger partial charge is 0.391 e. The zero-order valence-electron chi connectivity index (χ0n) is 9.37. The molecule has 3 N–H and O–H groups in total. The van der Waals surface area contributed by atoms with E-state index in [-0.39, 0.29) is 18.3 Å². The number of rotatable bonds is 3. The van der Waals surface area contributed by atoms with Gasteiger partial charge in [0.2, 0.25) is 0 Å². The highest BCUT2D eigenvalue weighted by Crippen LogP contribution is 2.27. The van der Waals surface area contributed by atoms with Crippen LogP contribution in [-0.4, -0.2) is 29.2 Å². The van der Waals surface area contributed by atoms with E-state index in [1.165, 1.54) is 12.1 Å². The van der Waals surface area contributed by atoms with Crippen molar-refractivity contribution >= 4 is 11.4 Å². The fourth-order valence-electron chi connectivity index (χ4n) is 2.12. The molecule has 1 aliphatic heterocycles. The van der Waals surface area contributed by atoms with Gasteiger partial charge < -0.3 is 15.7 Å². The van der Waals surface area contributed by atoms with Gasteiger partial charge in [0.25, 0.3) is 5.69 Å². The van der Waals surface area contributed by atoms with Crippen molar-refractivity contribution in [3.63, 3.8) is 0 Å². The number of nitro groups is 1. The van der Waals surface area contributed by atoms with Gasteiger partial charge in [-0.3, -0.25) is 10.1 Å². The number of hydrogen-bond acceptors (Lipinski definition) is 5. The number of benzene rings is 1. The fourth-order valence-corrected chi connectivity index (χ4v) is 2.12. The van der Waals surface area contributed by atoms with Crippen LogP contribution in [0.4, 0.5) is 11.4 Å². The van der Waals surface area contributed by atoms with Gasteiger partial charge in [-0.05, 0) is 18.1 Å². The zero-order valence-corrected chi connectivity index (χ0v) is 9.37. The summed E-state index contributed by atoms with van der Waals surface area (Å²) < 4.78 is 0. The third-order valence-corrected chi connectivity index (χ3v) is 3.00. The van der Waals surface area contributed by atoms with Gasteiger partial charge in [-0.15, -0.1) is 0 Å². The summed E-state index contributed by atoms with van der Waals surface area (Å²) in [6, 6.07) is 4.68. The van der Waals surface area contributed by atoms with Crippen LogP contribution in [0, 0.1) is 10.1 Å². The summed E-state index contributed by atoms with van der Waals surface area (Å²) in [5.41, 5.74) is 7.29. The van der Waals surface area contributed by atoms with Gasteiger partial charge in [-0.1, -0.05) is 0 Å². The Kier molecular flexibility index (Phi) is 3.26. The predicted octanol–water partition coefficient (Wildman–Crippen LogP) is 0.624. The first-order valence-corrected chi connectivity index (χ1v) is 5.52. The lowest BCUT2D eigenvalue weighted by Crippen LogP contribution is -2.23. The van der Waals surface area contributed by atoms with Crippen LogP contribution in [0.5, 0.6) is 0 Å². The van der Waals surface area contributed by atoms with E-state index in [1.54, 1.807) is 6.07 Å². The quantitative estimate of drug-likeness (QED) is 0.594. The minimum absolute atomic E-state index is 0.0499. The predicted molar refractivity (Wildman–Crippen MR) is 63.8 cm³/mol. The molecule has 1 atom stereocenters. The first kappa shape index (κ1) is 11.8. The van der Waals surface area contributed by atoms with Crippen LogP contribution in [0.25, 0.3) is 0 Å². The van der Waals surface area contributed by atoms with Crippen molar-refractivity contribution in [2.24, 2.45) is 5.73 Å². The Bertz CT molecular complexity index is 436. The van der Waals surface area contributed by atoms with E-state index < -0.39 is 4.92 Å². The van der Waals surface area contributed by atoms with Crippen molar-refractivity contribution in [3.05, 3.63) is 33.9 Å². The van der Waals surface area contributed by atoms with Crippen LogP contribution in [0.1, 0.15) is 12.0 Å². The van der Waals surface area contributed by atoms with Crippen LogP contribution in [0.3, 0.4) is 0 Å². The third kappa shape index (κ3) is 2.37. The SMILES string of the molecule is NCc1cc([N+](=O)[O-])ccc1N1CCC(O)C1. The molecule has 1 saturated heterocycles. The Morgan fingerprint density at radius 1 is 1.59 bits per heavy atom. The number of non-ortho nitro benzene ring substituents is 1. The Morgan fingerprint density at radius 2 is 2.35 bits per heavy atom. The number of nitrogens with two attached hydrogens (primary N) is 1. The van der Waals surface area contributed by atoms with Gasteiger partial charge >= 0.3 is 0 Å². The number of nitrogens with zero attached hydrogens (tertiary/aromatic N) is 2. The summed E-state index contributed by atoms with van der Waals surface area (Å²) in [4.78, 5) is 12.2. The summed E-state index contributed by atoms with van der Waals surface area (Å²) >= 11 is 0. The molecule has 0 saturated carbocycles. The van der Waals surface area contributed by atoms with Crippen LogP contribution in [-0.2, 0) is 6.54 Å². The van der Waals surface area contributed by atoms with Crippen LogP contribution < -0.4 is 10.6 Å². The third-order valence-electron chi connectivity index (χ3n) is 3.00. The molecule has 92 valence electrons. The topological polar surface area (TPSA) is 92.6 Å². The lowest BCUT2D eigenvalue weighted by molar-refractivity contribution is -0.384. The molecule has 0 aliphatic carbocycles. The average Bonchev–Trinajstić information content (AvgIpc) is 2.74. The van der Waals surface area contributed by atoms with Crippen molar-refractivity contribution in [1.82, 2.24) is 0 Å². The highest BCUT2D eigenvalue weighted by Gasteiger charge is 2.23. The molecule has 1 aromatic carbocycles. The summed E-state index contributed by atoms with van der Waals surface area (Å²) in [5.74, 6) is 0. The van der Waals surface area contributed by atoms with Crippen molar-refractivity contribution in [2.45, 2.75) is 19.1 Å². The molecule has 1 aromatic rings. The van der Waals surface area contributed by atoms with Crippen molar-refractivity contribution < 1.29 is 10.0 Å². The average molecular weight is 237 g/mol. The molecule has 1 fully saturated rings. The van der Waals surface area contributed by atoms with Crippen LogP contribution >= 0.6 is 0 Å². The van der Waals surface area contributed by atoms with Gasteiger partial charge in [-0.2, -0.15) is 0 Å². The maximum atomic E-state index is 10.7. The Labute approximate surface area is 98.8 Å². The molecule has 0 amide bonds. The smallest absolute Gasteiger partial charge is 0.269 e. The maximum Gasteiger partial charge on any atom is 0.269 e. The van der Waals surface area contributed by atoms with Crippen molar-refractivity contribution in [3.8, 4) is 0 Å². The second-order valence-corrected chi connectivity index (χ2v) is 4.16. The summed E-state index contributed by atoms with van der Waals surface area (Å²) in [6.07, 6.45) is 0.400. The normalized spacial score (nSPS) is 19.6. The van der Waals surface area contributed by atoms with E-state index in [0.29, 0.717) is 6.54 Å². The molecule has 0 aromatic heterocycles. The number of aliphatic hydroxyl groups is 1. The van der Waals surface area contributed by atoms with E-state index in [1.807, 2.05) is 4.90 Å². The fraction of sp³-hybridized carbons (Fsp3) is 0.455. The van der Waals surface area contributed by atoms with Crippen LogP contribution in [0.15, 0.2) is 18.2 Å². The lowest BCUT2D eigenvalue weighted by atomic mass is 10.1. The van der Waals surface area contributed by atoms with E-state index >= 15 is 0 Å². The second-order valence-electron chi connectivity index (χ2n) is 4.16. The van der Waals surface area contributed by atoms with E-state index in [2.05, 4.69) is 0 Å². The molecule has 0 spiro atoms. The van der Waals surface area contributed by atoms with Gasteiger partial charge in [0.15, 0.2) is 0 Å². The Morgan fingerprint density at radius 3 is 2.88 bits per heavy atom. The standard InChI is InChI=1S/C11H15N3O3/c12-6-8-5-9(14(16)17)1-2-11(8)13-4-3-10(15)7-13/h1-2,5,10,15H,3-4,6-7,12H2. The Hall–Kier alpha value is -1.66. The van der Waals surface area contributed by atoms with E-state index in [0.717, 1.165) is 24.2 Å². The molecule has 1 aliphatic rings. The monoisotopic (exact) mass is 237 g/mol. The first-order valence-electron chi connectivity index (χ1n) is 5.52. The molecular formula is C11H15N3O3. The van der Waals surface area contributed by atoms with Gasteiger partial charge in [0, 0.05) is 37.5 Å². The van der Waals surface area contributed by atoms with E-state index in [4.69, 9.17) is 5.73 Å². The second kappa shape index (κ2) is 4.68. The van der Waals surface area contributed by atoms with Crippen LogP contribution in [0.2, 0.25) is 0 Å². The maximum absolute atomic E-state index is 10.7. The summed E-state index contributed by atoms with van der Waals surface area (Å²) in [6.45, 7) is 1.57. The number of nitro benzene ring substituents is 1. The molecule has 17 heavy (non-hydrogen) atoms. The minimum atomic E-state index is -0.429. The Balaban J connectivity index is 2.31. The zero-order chi connectivity index (χ0) is 12.4. The number of hydrogen-bond donors (Lipinski definition) is 2. The number of aliphatic hydroxyl groups excluding tert-OH is 1. The molecule has 1 heterocycles. The molecule has 0 radical (unpaired) electrons. The van der Waals surface area contributed by atoms with Gasteiger partial charge in [-0.25, -0.2) is 0 Å². The lowest BCUT2D eigenvalue weighted by Gasteiger charge is -2.20. The van der Waals surface area contributed by atoms with E-state index in [9.17, 15) is 15.2 Å². The van der Waals surface area contributed by atoms with Crippen molar-refractivity contribution in [1.29, 1.82) is 0 Å². The summed E-state index contributed by atoms with van der Waals surface area (Å²) in [5, 5.41) is 20.2. The number of anilines is 1. The molecule has 0 bridgehead atoms. The highest BCUT2D eigenvalue weighted by atomic mass is 16.6.